The Morgan fingerprint density at radius 1 is 0.846 bits per heavy atom. The van der Waals surface area contributed by atoms with Crippen LogP contribution in [-0.2, 0) is 13.2 Å². The van der Waals surface area contributed by atoms with Gasteiger partial charge >= 0.3 is 0 Å². The molecule has 3 aromatic carbocycles. The summed E-state index contributed by atoms with van der Waals surface area (Å²) in [7, 11) is 0. The van der Waals surface area contributed by atoms with E-state index in [1.54, 1.807) is 18.6 Å². The molecule has 0 aliphatic carbocycles. The Kier molecular flexibility index (Phi) is 4.74. The number of rotatable bonds is 6. The van der Waals surface area contributed by atoms with Crippen LogP contribution in [0.1, 0.15) is 11.1 Å². The molecule has 128 valence electrons. The van der Waals surface area contributed by atoms with Crippen LogP contribution in [0.25, 0.3) is 10.8 Å². The number of fused-ring (bicyclic) bond motifs is 1. The van der Waals surface area contributed by atoms with E-state index in [-0.39, 0.29) is 0 Å². The van der Waals surface area contributed by atoms with Crippen LogP contribution >= 0.6 is 0 Å². The van der Waals surface area contributed by atoms with Gasteiger partial charge in [-0.1, -0.05) is 54.6 Å². The first-order valence-electron chi connectivity index (χ1n) is 8.57. The summed E-state index contributed by atoms with van der Waals surface area (Å²) in [5.74, 6) is 1.63. The Bertz CT molecular complexity index is 980. The molecule has 0 unspecified atom stereocenters. The van der Waals surface area contributed by atoms with Gasteiger partial charge in [0.05, 0.1) is 6.20 Å². The van der Waals surface area contributed by atoms with Gasteiger partial charge in [0, 0.05) is 18.9 Å². The molecular formula is C22H19N3O. The van der Waals surface area contributed by atoms with Gasteiger partial charge in [-0.2, -0.15) is 0 Å². The fourth-order valence-corrected chi connectivity index (χ4v) is 2.87. The summed E-state index contributed by atoms with van der Waals surface area (Å²) in [6, 6.07) is 22.8. The molecule has 4 rings (SSSR count). The highest BCUT2D eigenvalue weighted by Crippen LogP contribution is 2.21. The first kappa shape index (κ1) is 16.1. The molecular weight excluding hydrogens is 322 g/mol. The molecule has 1 N–H and O–H groups in total. The molecule has 1 heterocycles. The van der Waals surface area contributed by atoms with Crippen LogP contribution in [-0.4, -0.2) is 9.97 Å². The fraction of sp³-hybridized carbons (Fsp3) is 0.0909. The van der Waals surface area contributed by atoms with E-state index in [0.717, 1.165) is 17.1 Å². The van der Waals surface area contributed by atoms with E-state index in [4.69, 9.17) is 4.74 Å². The second-order valence-electron chi connectivity index (χ2n) is 6.02. The average Bonchev–Trinajstić information content (AvgIpc) is 2.72. The summed E-state index contributed by atoms with van der Waals surface area (Å²) in [6.45, 7) is 1.25. The van der Waals surface area contributed by atoms with Crippen molar-refractivity contribution in [3.8, 4) is 5.75 Å². The summed E-state index contributed by atoms with van der Waals surface area (Å²) < 4.78 is 5.98. The topological polar surface area (TPSA) is 47.0 Å². The van der Waals surface area contributed by atoms with E-state index in [2.05, 4.69) is 69.9 Å². The lowest BCUT2D eigenvalue weighted by atomic mass is 10.1. The van der Waals surface area contributed by atoms with Crippen LogP contribution in [0, 0.1) is 0 Å². The first-order chi connectivity index (χ1) is 12.9. The first-order valence-corrected chi connectivity index (χ1v) is 8.57. The number of hydrogen-bond donors (Lipinski definition) is 1. The molecule has 26 heavy (non-hydrogen) atoms. The smallest absolute Gasteiger partial charge is 0.144 e. The van der Waals surface area contributed by atoms with Crippen LogP contribution in [0.2, 0.25) is 0 Å². The molecule has 0 saturated carbocycles. The van der Waals surface area contributed by atoms with Gasteiger partial charge in [-0.3, -0.25) is 4.98 Å². The van der Waals surface area contributed by atoms with E-state index in [1.165, 1.54) is 16.3 Å². The monoisotopic (exact) mass is 341 g/mol. The van der Waals surface area contributed by atoms with Crippen molar-refractivity contribution in [2.75, 3.05) is 5.32 Å². The number of benzene rings is 3. The van der Waals surface area contributed by atoms with Gasteiger partial charge in [-0.15, -0.1) is 0 Å². The molecule has 1 aromatic heterocycles. The summed E-state index contributed by atoms with van der Waals surface area (Å²) in [5.41, 5.74) is 2.35. The number of aromatic nitrogens is 2. The van der Waals surface area contributed by atoms with Crippen LogP contribution < -0.4 is 10.1 Å². The standard InChI is InChI=1S/C22H19N3O/c1-2-7-21-18(4-1)5-3-6-19(21)16-26-20-10-8-17(9-11-20)14-25-22-15-23-12-13-24-22/h1-13,15H,14,16H2,(H,24,25). The molecule has 0 aliphatic rings. The zero-order valence-electron chi connectivity index (χ0n) is 14.3. The summed E-state index contributed by atoms with van der Waals surface area (Å²) in [6.07, 6.45) is 5.04. The second-order valence-corrected chi connectivity index (χ2v) is 6.02. The third kappa shape index (κ3) is 3.81. The lowest BCUT2D eigenvalue weighted by molar-refractivity contribution is 0.307. The van der Waals surface area contributed by atoms with Crippen molar-refractivity contribution < 1.29 is 4.74 Å². The van der Waals surface area contributed by atoms with Crippen molar-refractivity contribution in [3.05, 3.63) is 96.4 Å². The minimum absolute atomic E-state index is 0.554. The Morgan fingerprint density at radius 3 is 2.54 bits per heavy atom. The number of hydrogen-bond acceptors (Lipinski definition) is 4. The summed E-state index contributed by atoms with van der Waals surface area (Å²) in [4.78, 5) is 8.24. The highest BCUT2D eigenvalue weighted by molar-refractivity contribution is 5.85. The second kappa shape index (κ2) is 7.66. The Balaban J connectivity index is 1.38. The largest absolute Gasteiger partial charge is 0.489 e. The summed E-state index contributed by atoms with van der Waals surface area (Å²) >= 11 is 0. The quantitative estimate of drug-likeness (QED) is 0.546. The van der Waals surface area contributed by atoms with E-state index in [0.29, 0.717) is 13.2 Å². The van der Waals surface area contributed by atoms with Gasteiger partial charge in [-0.05, 0) is 34.0 Å². The average molecular weight is 341 g/mol. The van der Waals surface area contributed by atoms with Crippen molar-refractivity contribution in [3.63, 3.8) is 0 Å². The molecule has 0 bridgehead atoms. The van der Waals surface area contributed by atoms with E-state index >= 15 is 0 Å². The maximum absolute atomic E-state index is 5.98. The minimum atomic E-state index is 0.554. The predicted molar refractivity (Wildman–Crippen MR) is 104 cm³/mol. The fourth-order valence-electron chi connectivity index (χ4n) is 2.87. The normalized spacial score (nSPS) is 10.6. The van der Waals surface area contributed by atoms with E-state index in [9.17, 15) is 0 Å². The molecule has 4 aromatic rings. The van der Waals surface area contributed by atoms with Gasteiger partial charge in [0.15, 0.2) is 0 Å². The number of nitrogens with zero attached hydrogens (tertiary/aromatic N) is 2. The Morgan fingerprint density at radius 2 is 1.69 bits per heavy atom. The van der Waals surface area contributed by atoms with Gasteiger partial charge in [0.1, 0.15) is 18.2 Å². The molecule has 0 saturated heterocycles. The third-order valence-corrected chi connectivity index (χ3v) is 4.23. The highest BCUT2D eigenvalue weighted by atomic mass is 16.5. The Hall–Kier alpha value is -3.40. The number of ether oxygens (including phenoxy) is 1. The number of nitrogens with one attached hydrogen (secondary N) is 1. The molecule has 0 fully saturated rings. The molecule has 0 radical (unpaired) electrons. The highest BCUT2D eigenvalue weighted by Gasteiger charge is 2.02. The van der Waals surface area contributed by atoms with E-state index in [1.807, 2.05) is 12.1 Å². The molecule has 0 atom stereocenters. The predicted octanol–water partition coefficient (Wildman–Crippen LogP) is 4.82. The van der Waals surface area contributed by atoms with Crippen LogP contribution in [0.4, 0.5) is 5.82 Å². The molecule has 4 nitrogen and oxygen atoms in total. The van der Waals surface area contributed by atoms with Gasteiger partial charge in [0.25, 0.3) is 0 Å². The lowest BCUT2D eigenvalue weighted by Crippen LogP contribution is -2.01. The lowest BCUT2D eigenvalue weighted by Gasteiger charge is -2.10. The van der Waals surface area contributed by atoms with Crippen LogP contribution in [0.5, 0.6) is 5.75 Å². The van der Waals surface area contributed by atoms with Crippen molar-refractivity contribution in [1.29, 1.82) is 0 Å². The van der Waals surface area contributed by atoms with Gasteiger partial charge in [0.2, 0.25) is 0 Å². The van der Waals surface area contributed by atoms with Crippen LogP contribution in [0.3, 0.4) is 0 Å². The zero-order valence-corrected chi connectivity index (χ0v) is 14.3. The van der Waals surface area contributed by atoms with Crippen molar-refractivity contribution in [1.82, 2.24) is 9.97 Å². The minimum Gasteiger partial charge on any atom is -0.489 e. The molecule has 0 amide bonds. The molecule has 0 aliphatic heterocycles. The van der Waals surface area contributed by atoms with Gasteiger partial charge in [-0.25, -0.2) is 4.98 Å². The van der Waals surface area contributed by atoms with Crippen molar-refractivity contribution in [2.45, 2.75) is 13.2 Å². The van der Waals surface area contributed by atoms with E-state index < -0.39 is 0 Å². The third-order valence-electron chi connectivity index (χ3n) is 4.23. The summed E-state index contributed by atoms with van der Waals surface area (Å²) in [5, 5.41) is 5.72. The molecule has 4 heteroatoms. The number of anilines is 1. The zero-order chi connectivity index (χ0) is 17.6. The van der Waals surface area contributed by atoms with Gasteiger partial charge < -0.3 is 10.1 Å². The maximum atomic E-state index is 5.98. The SMILES string of the molecule is c1ccc2c(COc3ccc(CNc4cnccn4)cc3)cccc2c1. The van der Waals surface area contributed by atoms with Crippen molar-refractivity contribution >= 4 is 16.6 Å². The maximum Gasteiger partial charge on any atom is 0.144 e. The van der Waals surface area contributed by atoms with Crippen LogP contribution in [0.15, 0.2) is 85.3 Å². The van der Waals surface area contributed by atoms with Crippen molar-refractivity contribution in [2.24, 2.45) is 0 Å². The molecule has 0 spiro atoms. The Labute approximate surface area is 152 Å².